The van der Waals surface area contributed by atoms with E-state index in [0.717, 1.165) is 12.8 Å². The van der Waals surface area contributed by atoms with Crippen molar-refractivity contribution in [2.24, 2.45) is 0 Å². The van der Waals surface area contributed by atoms with Crippen LogP contribution in [-0.4, -0.2) is 41.1 Å². The van der Waals surface area contributed by atoms with Gasteiger partial charge in [0.2, 0.25) is 0 Å². The minimum atomic E-state index is -1.03. The second-order valence-corrected chi connectivity index (χ2v) is 3.76. The quantitative estimate of drug-likeness (QED) is 0.727. The number of carboxylic acid groups (broad SMARTS) is 1. The van der Waals surface area contributed by atoms with Gasteiger partial charge in [0.05, 0.1) is 0 Å². The molecular weight excluding hydrogens is 196 g/mol. The first-order chi connectivity index (χ1) is 6.90. The molecule has 0 fully saturated rings. The van der Waals surface area contributed by atoms with Crippen LogP contribution >= 0.6 is 0 Å². The number of nitrogens with zero attached hydrogens (tertiary/aromatic N) is 1. The Morgan fingerprint density at radius 2 is 1.93 bits per heavy atom. The van der Waals surface area contributed by atoms with Crippen LogP contribution in [0.3, 0.4) is 0 Å². The predicted octanol–water partition coefficient (Wildman–Crippen LogP) is 1.29. The monoisotopic (exact) mass is 216 g/mol. The lowest BCUT2D eigenvalue weighted by Gasteiger charge is -2.25. The molecule has 0 rings (SSSR count). The van der Waals surface area contributed by atoms with Crippen LogP contribution in [0.5, 0.6) is 0 Å². The summed E-state index contributed by atoms with van der Waals surface area (Å²) >= 11 is 0. The second-order valence-electron chi connectivity index (χ2n) is 3.76. The summed E-state index contributed by atoms with van der Waals surface area (Å²) in [5, 5.41) is 11.0. The fourth-order valence-corrected chi connectivity index (χ4v) is 1.16. The molecular formula is C10H20N2O3. The van der Waals surface area contributed by atoms with Crippen LogP contribution in [0.2, 0.25) is 0 Å². The standard InChI is InChI=1S/C10H20N2O3/c1-5-6-7(2)12(4)10(15)11-8(3)9(13)14/h7-8H,5-6H2,1-4H3,(H,11,15)(H,13,14). The molecule has 0 radical (unpaired) electrons. The lowest BCUT2D eigenvalue weighted by Crippen LogP contribution is -2.47. The maximum Gasteiger partial charge on any atom is 0.325 e. The Morgan fingerprint density at radius 1 is 1.40 bits per heavy atom. The first kappa shape index (κ1) is 13.7. The average Bonchev–Trinajstić information content (AvgIpc) is 2.16. The highest BCUT2D eigenvalue weighted by Crippen LogP contribution is 2.04. The van der Waals surface area contributed by atoms with Crippen molar-refractivity contribution in [2.75, 3.05) is 7.05 Å². The van der Waals surface area contributed by atoms with Crippen LogP contribution in [0.4, 0.5) is 4.79 Å². The Bertz CT molecular complexity index is 231. The molecule has 0 aromatic heterocycles. The minimum Gasteiger partial charge on any atom is -0.480 e. The zero-order chi connectivity index (χ0) is 12.0. The van der Waals surface area contributed by atoms with Gasteiger partial charge in [-0.05, 0) is 20.3 Å². The Labute approximate surface area is 90.5 Å². The number of carbonyl (C=O) groups is 2. The Balaban J connectivity index is 4.14. The maximum atomic E-state index is 11.5. The molecule has 5 heteroatoms. The summed E-state index contributed by atoms with van der Waals surface area (Å²) in [6, 6.07) is -1.07. The van der Waals surface area contributed by atoms with Gasteiger partial charge in [-0.25, -0.2) is 4.79 Å². The van der Waals surface area contributed by atoms with Crippen molar-refractivity contribution in [1.82, 2.24) is 10.2 Å². The van der Waals surface area contributed by atoms with Crippen LogP contribution < -0.4 is 5.32 Å². The normalized spacial score (nSPS) is 14.1. The van der Waals surface area contributed by atoms with Gasteiger partial charge in [-0.15, -0.1) is 0 Å². The van der Waals surface area contributed by atoms with Crippen molar-refractivity contribution in [2.45, 2.75) is 45.7 Å². The molecule has 2 unspecified atom stereocenters. The Morgan fingerprint density at radius 3 is 2.33 bits per heavy atom. The first-order valence-corrected chi connectivity index (χ1v) is 5.16. The number of hydrogen-bond acceptors (Lipinski definition) is 2. The van der Waals surface area contributed by atoms with E-state index in [1.54, 1.807) is 7.05 Å². The Hall–Kier alpha value is -1.26. The third-order valence-corrected chi connectivity index (χ3v) is 2.40. The van der Waals surface area contributed by atoms with Crippen molar-refractivity contribution in [3.63, 3.8) is 0 Å². The third kappa shape index (κ3) is 4.67. The topological polar surface area (TPSA) is 69.6 Å². The fourth-order valence-electron chi connectivity index (χ4n) is 1.16. The summed E-state index contributed by atoms with van der Waals surface area (Å²) in [6.45, 7) is 5.43. The number of amides is 2. The molecule has 0 aliphatic carbocycles. The summed E-state index contributed by atoms with van der Waals surface area (Å²) < 4.78 is 0. The van der Waals surface area contributed by atoms with Gasteiger partial charge in [0, 0.05) is 13.1 Å². The van der Waals surface area contributed by atoms with Crippen LogP contribution in [0.25, 0.3) is 0 Å². The summed E-state index contributed by atoms with van der Waals surface area (Å²) in [5.41, 5.74) is 0. The van der Waals surface area contributed by atoms with Crippen LogP contribution in [0.15, 0.2) is 0 Å². The van der Waals surface area contributed by atoms with E-state index < -0.39 is 12.0 Å². The molecule has 88 valence electrons. The molecule has 2 N–H and O–H groups in total. The predicted molar refractivity (Wildman–Crippen MR) is 57.8 cm³/mol. The van der Waals surface area contributed by atoms with Crippen molar-refractivity contribution in [3.05, 3.63) is 0 Å². The van der Waals surface area contributed by atoms with Crippen molar-refractivity contribution >= 4 is 12.0 Å². The largest absolute Gasteiger partial charge is 0.480 e. The number of rotatable bonds is 5. The first-order valence-electron chi connectivity index (χ1n) is 5.16. The van der Waals surface area contributed by atoms with E-state index in [1.165, 1.54) is 11.8 Å². The van der Waals surface area contributed by atoms with Gasteiger partial charge in [0.25, 0.3) is 0 Å². The van der Waals surface area contributed by atoms with E-state index in [-0.39, 0.29) is 12.1 Å². The molecule has 0 aliphatic heterocycles. The fraction of sp³-hybridized carbons (Fsp3) is 0.800. The highest BCUT2D eigenvalue weighted by Gasteiger charge is 2.19. The zero-order valence-electron chi connectivity index (χ0n) is 9.78. The van der Waals surface area contributed by atoms with E-state index in [1.807, 2.05) is 13.8 Å². The highest BCUT2D eigenvalue weighted by atomic mass is 16.4. The minimum absolute atomic E-state index is 0.121. The van der Waals surface area contributed by atoms with Crippen LogP contribution in [0.1, 0.15) is 33.6 Å². The lowest BCUT2D eigenvalue weighted by atomic mass is 10.2. The molecule has 0 aliphatic rings. The van der Waals surface area contributed by atoms with Gasteiger partial charge >= 0.3 is 12.0 Å². The Kier molecular flexibility index (Phi) is 5.74. The molecule has 0 spiro atoms. The number of urea groups is 1. The van der Waals surface area contributed by atoms with E-state index in [4.69, 9.17) is 5.11 Å². The number of nitrogens with one attached hydrogen (secondary N) is 1. The maximum absolute atomic E-state index is 11.5. The van der Waals surface area contributed by atoms with Crippen molar-refractivity contribution < 1.29 is 14.7 Å². The number of aliphatic carboxylic acids is 1. The molecule has 0 aromatic carbocycles. The van der Waals surface area contributed by atoms with Crippen LogP contribution in [-0.2, 0) is 4.79 Å². The molecule has 0 saturated heterocycles. The summed E-state index contributed by atoms with van der Waals surface area (Å²) in [5.74, 6) is -1.03. The molecule has 15 heavy (non-hydrogen) atoms. The van der Waals surface area contributed by atoms with E-state index in [0.29, 0.717) is 0 Å². The molecule has 2 amide bonds. The molecule has 5 nitrogen and oxygen atoms in total. The molecule has 0 aromatic rings. The van der Waals surface area contributed by atoms with Crippen molar-refractivity contribution in [3.8, 4) is 0 Å². The van der Waals surface area contributed by atoms with Gasteiger partial charge in [-0.2, -0.15) is 0 Å². The number of hydrogen-bond donors (Lipinski definition) is 2. The van der Waals surface area contributed by atoms with Crippen molar-refractivity contribution in [1.29, 1.82) is 0 Å². The van der Waals surface area contributed by atoms with Gasteiger partial charge in [0.1, 0.15) is 6.04 Å². The summed E-state index contributed by atoms with van der Waals surface area (Å²) in [6.07, 6.45) is 1.90. The molecule has 0 bridgehead atoms. The van der Waals surface area contributed by atoms with E-state index in [2.05, 4.69) is 5.32 Å². The lowest BCUT2D eigenvalue weighted by molar-refractivity contribution is -0.138. The average molecular weight is 216 g/mol. The summed E-state index contributed by atoms with van der Waals surface area (Å²) in [4.78, 5) is 23.6. The molecule has 0 saturated carbocycles. The summed E-state index contributed by atoms with van der Waals surface area (Å²) in [7, 11) is 1.67. The second kappa shape index (κ2) is 6.27. The third-order valence-electron chi connectivity index (χ3n) is 2.40. The van der Waals surface area contributed by atoms with E-state index in [9.17, 15) is 9.59 Å². The highest BCUT2D eigenvalue weighted by molar-refractivity contribution is 5.82. The van der Waals surface area contributed by atoms with Gasteiger partial charge < -0.3 is 15.3 Å². The van der Waals surface area contributed by atoms with Gasteiger partial charge in [-0.1, -0.05) is 13.3 Å². The SMILES string of the molecule is CCCC(C)N(C)C(=O)NC(C)C(=O)O. The van der Waals surface area contributed by atoms with E-state index >= 15 is 0 Å². The number of carboxylic acids is 1. The zero-order valence-corrected chi connectivity index (χ0v) is 9.78. The smallest absolute Gasteiger partial charge is 0.325 e. The number of carbonyl (C=O) groups excluding carboxylic acids is 1. The molecule has 2 atom stereocenters. The van der Waals surface area contributed by atoms with Gasteiger partial charge in [-0.3, -0.25) is 4.79 Å². The van der Waals surface area contributed by atoms with Crippen LogP contribution in [0, 0.1) is 0 Å². The van der Waals surface area contributed by atoms with Gasteiger partial charge in [0.15, 0.2) is 0 Å². The molecule has 0 heterocycles.